The Morgan fingerprint density at radius 1 is 1.33 bits per heavy atom. The zero-order valence-corrected chi connectivity index (χ0v) is 14.0. The second-order valence-electron chi connectivity index (χ2n) is 5.31. The van der Waals surface area contributed by atoms with Crippen molar-refractivity contribution in [2.24, 2.45) is 0 Å². The molecule has 0 spiro atoms. The third kappa shape index (κ3) is 4.00. The van der Waals surface area contributed by atoms with E-state index >= 15 is 0 Å². The molecular formula is C15H20N2O2S2. The minimum Gasteiger partial charge on any atom is -0.298 e. The van der Waals surface area contributed by atoms with E-state index in [9.17, 15) is 8.42 Å². The van der Waals surface area contributed by atoms with Crippen molar-refractivity contribution in [3.63, 3.8) is 0 Å². The highest BCUT2D eigenvalue weighted by Gasteiger charge is 2.26. The molecule has 2 unspecified atom stereocenters. The predicted octanol–water partition coefficient (Wildman–Crippen LogP) is 2.16. The van der Waals surface area contributed by atoms with E-state index in [0.717, 1.165) is 12.3 Å². The Balaban J connectivity index is 2.02. The third-order valence-corrected chi connectivity index (χ3v) is 7.05. The molecule has 1 fully saturated rings. The molecule has 0 radical (unpaired) electrons. The summed E-state index contributed by atoms with van der Waals surface area (Å²) in [7, 11) is -3.28. The molecule has 0 N–H and O–H groups in total. The molecule has 1 aromatic carbocycles. The molecule has 1 aliphatic heterocycles. The number of nitriles is 1. The Morgan fingerprint density at radius 3 is 2.62 bits per heavy atom. The average Bonchev–Trinajstić information content (AvgIpc) is 2.49. The molecule has 1 heterocycles. The summed E-state index contributed by atoms with van der Waals surface area (Å²) in [6.45, 7) is 5.86. The molecule has 4 nitrogen and oxygen atoms in total. The Morgan fingerprint density at radius 2 is 2.00 bits per heavy atom. The highest BCUT2D eigenvalue weighted by molar-refractivity contribution is 8.00. The molecule has 1 aliphatic rings. The second kappa shape index (κ2) is 6.82. The lowest BCUT2D eigenvalue weighted by atomic mass is 10.2. The first-order valence-electron chi connectivity index (χ1n) is 7.02. The van der Waals surface area contributed by atoms with Crippen molar-refractivity contribution < 1.29 is 8.42 Å². The van der Waals surface area contributed by atoms with Crippen LogP contribution < -0.4 is 0 Å². The Labute approximate surface area is 131 Å². The fourth-order valence-corrected chi connectivity index (χ4v) is 4.83. The maximum atomic E-state index is 12.3. The van der Waals surface area contributed by atoms with Gasteiger partial charge >= 0.3 is 0 Å². The minimum atomic E-state index is -3.28. The van der Waals surface area contributed by atoms with Crippen LogP contribution in [0, 0.1) is 11.3 Å². The molecule has 1 saturated heterocycles. The number of thioether (sulfide) groups is 1. The zero-order chi connectivity index (χ0) is 15.5. The largest absolute Gasteiger partial charge is 0.298 e. The predicted molar refractivity (Wildman–Crippen MR) is 86.2 cm³/mol. The van der Waals surface area contributed by atoms with Crippen LogP contribution >= 0.6 is 11.8 Å². The van der Waals surface area contributed by atoms with Crippen molar-refractivity contribution in [3.8, 4) is 6.07 Å². The topological polar surface area (TPSA) is 61.2 Å². The summed E-state index contributed by atoms with van der Waals surface area (Å²) in [5.41, 5.74) is 0.476. The second-order valence-corrected chi connectivity index (χ2v) is 8.90. The maximum Gasteiger partial charge on any atom is 0.179 e. The van der Waals surface area contributed by atoms with Gasteiger partial charge in [0.25, 0.3) is 0 Å². The number of rotatable bonds is 4. The molecule has 0 aromatic heterocycles. The Kier molecular flexibility index (Phi) is 5.31. The van der Waals surface area contributed by atoms with Gasteiger partial charge < -0.3 is 0 Å². The first kappa shape index (κ1) is 16.3. The van der Waals surface area contributed by atoms with Crippen LogP contribution in [0.1, 0.15) is 19.4 Å². The van der Waals surface area contributed by atoms with Gasteiger partial charge in [-0.3, -0.25) is 4.90 Å². The van der Waals surface area contributed by atoms with Gasteiger partial charge in [-0.25, -0.2) is 8.42 Å². The fraction of sp³-hybridized carbons (Fsp3) is 0.533. The molecule has 0 aliphatic carbocycles. The van der Waals surface area contributed by atoms with Gasteiger partial charge in [-0.05, 0) is 31.2 Å². The quantitative estimate of drug-likeness (QED) is 0.849. The van der Waals surface area contributed by atoms with Gasteiger partial charge in [-0.15, -0.1) is 0 Å². The molecule has 0 amide bonds. The molecule has 0 saturated carbocycles. The van der Waals surface area contributed by atoms with Gasteiger partial charge in [-0.1, -0.05) is 6.92 Å². The normalized spacial score (nSPS) is 23.7. The van der Waals surface area contributed by atoms with Crippen LogP contribution in [0.25, 0.3) is 0 Å². The molecule has 0 bridgehead atoms. The van der Waals surface area contributed by atoms with Gasteiger partial charge in [0.2, 0.25) is 0 Å². The Hall–Kier alpha value is -1.03. The first-order chi connectivity index (χ1) is 9.94. The van der Waals surface area contributed by atoms with E-state index in [-0.39, 0.29) is 5.75 Å². The number of nitrogens with zero attached hydrogens (tertiary/aromatic N) is 2. The highest BCUT2D eigenvalue weighted by Crippen LogP contribution is 2.24. The molecule has 2 atom stereocenters. The van der Waals surface area contributed by atoms with Crippen LogP contribution in [0.5, 0.6) is 0 Å². The monoisotopic (exact) mass is 324 g/mol. The lowest BCUT2D eigenvalue weighted by Gasteiger charge is -2.37. The van der Waals surface area contributed by atoms with Crippen LogP contribution in [0.4, 0.5) is 0 Å². The maximum absolute atomic E-state index is 12.3. The van der Waals surface area contributed by atoms with Gasteiger partial charge in [-0.2, -0.15) is 17.0 Å². The number of benzene rings is 1. The summed E-state index contributed by atoms with van der Waals surface area (Å²) in [5, 5.41) is 9.29. The van der Waals surface area contributed by atoms with E-state index in [1.807, 2.05) is 17.8 Å². The highest BCUT2D eigenvalue weighted by atomic mass is 32.2. The van der Waals surface area contributed by atoms with Crippen molar-refractivity contribution in [2.45, 2.75) is 30.0 Å². The van der Waals surface area contributed by atoms with Crippen LogP contribution in [-0.4, -0.2) is 49.2 Å². The van der Waals surface area contributed by atoms with Gasteiger partial charge in [0.15, 0.2) is 9.84 Å². The molecular weight excluding hydrogens is 304 g/mol. The van der Waals surface area contributed by atoms with Gasteiger partial charge in [0, 0.05) is 30.1 Å². The number of hydrogen-bond donors (Lipinski definition) is 0. The van der Waals surface area contributed by atoms with Crippen molar-refractivity contribution >= 4 is 21.6 Å². The van der Waals surface area contributed by atoms with Gasteiger partial charge in [0.05, 0.1) is 22.3 Å². The zero-order valence-electron chi connectivity index (χ0n) is 12.3. The van der Waals surface area contributed by atoms with E-state index < -0.39 is 9.84 Å². The van der Waals surface area contributed by atoms with E-state index in [4.69, 9.17) is 5.26 Å². The van der Waals surface area contributed by atoms with Crippen molar-refractivity contribution in [2.75, 3.05) is 24.6 Å². The summed E-state index contributed by atoms with van der Waals surface area (Å²) in [4.78, 5) is 2.55. The molecule has 21 heavy (non-hydrogen) atoms. The molecule has 6 heteroatoms. The standard InChI is InChI=1S/C15H20N2O2S2/c1-12-13(2)20-9-7-17(12)8-10-21(18,19)15-5-3-14(11-16)4-6-15/h3-6,12-13H,7-10H2,1-2H3. The summed E-state index contributed by atoms with van der Waals surface area (Å²) in [6.07, 6.45) is 0. The summed E-state index contributed by atoms with van der Waals surface area (Å²) in [6, 6.07) is 8.54. The van der Waals surface area contributed by atoms with Gasteiger partial charge in [0.1, 0.15) is 0 Å². The number of hydrogen-bond acceptors (Lipinski definition) is 5. The van der Waals surface area contributed by atoms with Crippen molar-refractivity contribution in [1.29, 1.82) is 5.26 Å². The van der Waals surface area contributed by atoms with Crippen LogP contribution in [0.2, 0.25) is 0 Å². The molecule has 1 aromatic rings. The van der Waals surface area contributed by atoms with Crippen LogP contribution in [-0.2, 0) is 9.84 Å². The SMILES string of the molecule is CC1SCCN(CCS(=O)(=O)c2ccc(C#N)cc2)C1C. The third-order valence-electron chi connectivity index (χ3n) is 4.00. The fourth-order valence-electron chi connectivity index (χ4n) is 2.40. The number of sulfone groups is 1. The summed E-state index contributed by atoms with van der Waals surface area (Å²) < 4.78 is 24.7. The minimum absolute atomic E-state index is 0.126. The van der Waals surface area contributed by atoms with Crippen molar-refractivity contribution in [3.05, 3.63) is 29.8 Å². The van der Waals surface area contributed by atoms with E-state index in [0.29, 0.717) is 28.3 Å². The molecule has 114 valence electrons. The van der Waals surface area contributed by atoms with E-state index in [2.05, 4.69) is 18.7 Å². The lowest BCUT2D eigenvalue weighted by Crippen LogP contribution is -2.46. The lowest BCUT2D eigenvalue weighted by molar-refractivity contribution is 0.225. The molecule has 2 rings (SSSR count). The van der Waals surface area contributed by atoms with Crippen LogP contribution in [0.3, 0.4) is 0 Å². The first-order valence-corrected chi connectivity index (χ1v) is 9.73. The average molecular weight is 324 g/mol. The Bertz CT molecular complexity index is 620. The summed E-state index contributed by atoms with van der Waals surface area (Å²) in [5.74, 6) is 1.18. The van der Waals surface area contributed by atoms with E-state index in [1.54, 1.807) is 12.1 Å². The summed E-state index contributed by atoms with van der Waals surface area (Å²) >= 11 is 1.94. The van der Waals surface area contributed by atoms with Crippen LogP contribution in [0.15, 0.2) is 29.2 Å². The van der Waals surface area contributed by atoms with E-state index in [1.165, 1.54) is 12.1 Å². The van der Waals surface area contributed by atoms with Crippen molar-refractivity contribution in [1.82, 2.24) is 4.90 Å². The smallest absolute Gasteiger partial charge is 0.179 e.